The van der Waals surface area contributed by atoms with E-state index in [2.05, 4.69) is 4.99 Å². The van der Waals surface area contributed by atoms with Gasteiger partial charge >= 0.3 is 0 Å². The maximum Gasteiger partial charge on any atom is 0.266 e. The Labute approximate surface area is 147 Å². The molecule has 4 nitrogen and oxygen atoms in total. The number of aliphatic imine (C=N–C) groups is 1. The SMILES string of the molecule is COc1ccc(/C=C2\SC(=Nc3ccc(F)cc3F)N(C)C2=O)cc1. The molecule has 128 valence electrons. The minimum absolute atomic E-state index is 0.0192. The summed E-state index contributed by atoms with van der Waals surface area (Å²) in [6.45, 7) is 0. The molecule has 0 N–H and O–H groups in total. The first kappa shape index (κ1) is 17.2. The van der Waals surface area contributed by atoms with Crippen LogP contribution in [-0.2, 0) is 4.79 Å². The van der Waals surface area contributed by atoms with Crippen molar-refractivity contribution in [3.8, 4) is 5.75 Å². The van der Waals surface area contributed by atoms with E-state index < -0.39 is 11.6 Å². The standard InChI is InChI=1S/C18H14F2N2O2S/c1-22-17(23)16(9-11-3-6-13(24-2)7-4-11)25-18(22)21-15-8-5-12(19)10-14(15)20/h3-10H,1-2H3/b16-9-,21-18?. The zero-order chi connectivity index (χ0) is 18.0. The van der Waals surface area contributed by atoms with Crippen LogP contribution in [0.4, 0.5) is 14.5 Å². The number of ether oxygens (including phenoxy) is 1. The van der Waals surface area contributed by atoms with Crippen molar-refractivity contribution in [1.82, 2.24) is 4.90 Å². The van der Waals surface area contributed by atoms with E-state index in [0.29, 0.717) is 10.1 Å². The second-order valence-corrected chi connectivity index (χ2v) is 6.25. The lowest BCUT2D eigenvalue weighted by Crippen LogP contribution is -2.23. The van der Waals surface area contributed by atoms with Gasteiger partial charge in [-0.05, 0) is 47.7 Å². The molecule has 0 unspecified atom stereocenters. The van der Waals surface area contributed by atoms with E-state index in [-0.39, 0.29) is 11.6 Å². The molecule has 1 heterocycles. The van der Waals surface area contributed by atoms with Crippen molar-refractivity contribution in [1.29, 1.82) is 0 Å². The highest BCUT2D eigenvalue weighted by atomic mass is 32.2. The normalized spacial score (nSPS) is 17.6. The number of methoxy groups -OCH3 is 1. The van der Waals surface area contributed by atoms with Crippen LogP contribution in [0.5, 0.6) is 5.75 Å². The summed E-state index contributed by atoms with van der Waals surface area (Å²) in [6, 6.07) is 10.4. The predicted molar refractivity (Wildman–Crippen MR) is 94.8 cm³/mol. The number of amidine groups is 1. The van der Waals surface area contributed by atoms with Crippen LogP contribution in [0.3, 0.4) is 0 Å². The largest absolute Gasteiger partial charge is 0.497 e. The first-order valence-electron chi connectivity index (χ1n) is 7.33. The molecule has 0 spiro atoms. The molecular formula is C18H14F2N2O2S. The van der Waals surface area contributed by atoms with Crippen LogP contribution in [0.2, 0.25) is 0 Å². The number of amides is 1. The molecule has 1 amide bonds. The lowest BCUT2D eigenvalue weighted by Gasteiger charge is -2.07. The van der Waals surface area contributed by atoms with Gasteiger partial charge in [-0.25, -0.2) is 13.8 Å². The molecule has 2 aromatic carbocycles. The van der Waals surface area contributed by atoms with Crippen LogP contribution >= 0.6 is 11.8 Å². The number of halogens is 2. The van der Waals surface area contributed by atoms with E-state index in [1.54, 1.807) is 32.4 Å². The fraction of sp³-hybridized carbons (Fsp3) is 0.111. The van der Waals surface area contributed by atoms with E-state index in [0.717, 1.165) is 35.2 Å². The number of carbonyl (C=O) groups is 1. The van der Waals surface area contributed by atoms with Crippen molar-refractivity contribution in [2.45, 2.75) is 0 Å². The number of benzene rings is 2. The molecule has 2 aromatic rings. The van der Waals surface area contributed by atoms with Crippen molar-refractivity contribution in [3.63, 3.8) is 0 Å². The Morgan fingerprint density at radius 3 is 2.52 bits per heavy atom. The highest BCUT2D eigenvalue weighted by Gasteiger charge is 2.30. The second-order valence-electron chi connectivity index (χ2n) is 5.24. The third-order valence-electron chi connectivity index (χ3n) is 3.54. The molecule has 1 fully saturated rings. The van der Waals surface area contributed by atoms with Gasteiger partial charge in [0.1, 0.15) is 17.3 Å². The van der Waals surface area contributed by atoms with Crippen LogP contribution in [0.15, 0.2) is 52.4 Å². The Hall–Kier alpha value is -2.67. The summed E-state index contributed by atoms with van der Waals surface area (Å²) in [7, 11) is 3.14. The minimum Gasteiger partial charge on any atom is -0.497 e. The third-order valence-corrected chi connectivity index (χ3v) is 4.60. The van der Waals surface area contributed by atoms with Crippen LogP contribution in [0, 0.1) is 11.6 Å². The molecule has 7 heteroatoms. The highest BCUT2D eigenvalue weighted by molar-refractivity contribution is 8.18. The Kier molecular flexibility index (Phi) is 4.85. The molecule has 1 saturated heterocycles. The number of nitrogens with zero attached hydrogens (tertiary/aromatic N) is 2. The Balaban J connectivity index is 1.88. The molecule has 0 bridgehead atoms. The topological polar surface area (TPSA) is 41.9 Å². The molecule has 1 aliphatic heterocycles. The van der Waals surface area contributed by atoms with Crippen molar-refractivity contribution < 1.29 is 18.3 Å². The molecule has 0 atom stereocenters. The quantitative estimate of drug-likeness (QED) is 0.770. The molecular weight excluding hydrogens is 346 g/mol. The lowest BCUT2D eigenvalue weighted by molar-refractivity contribution is -0.121. The molecule has 0 saturated carbocycles. The molecule has 0 aromatic heterocycles. The Morgan fingerprint density at radius 2 is 1.88 bits per heavy atom. The number of likely N-dealkylation sites (N-methyl/N-ethyl adjacent to an activating group) is 1. The van der Waals surface area contributed by atoms with Gasteiger partial charge in [0.05, 0.1) is 12.0 Å². The van der Waals surface area contributed by atoms with Gasteiger partial charge in [-0.2, -0.15) is 0 Å². The maximum atomic E-state index is 13.8. The molecule has 0 aliphatic carbocycles. The summed E-state index contributed by atoms with van der Waals surface area (Å²) in [5, 5.41) is 0.329. The number of carbonyl (C=O) groups excluding carboxylic acids is 1. The smallest absolute Gasteiger partial charge is 0.266 e. The van der Waals surface area contributed by atoms with Gasteiger partial charge in [0, 0.05) is 13.1 Å². The van der Waals surface area contributed by atoms with Gasteiger partial charge in [0.15, 0.2) is 11.0 Å². The van der Waals surface area contributed by atoms with E-state index in [9.17, 15) is 13.6 Å². The molecule has 1 aliphatic rings. The summed E-state index contributed by atoms with van der Waals surface area (Å²) in [5.41, 5.74) is 0.813. The Bertz CT molecular complexity index is 879. The molecule has 0 radical (unpaired) electrons. The first-order chi connectivity index (χ1) is 12.0. The van der Waals surface area contributed by atoms with Crippen LogP contribution < -0.4 is 4.74 Å². The van der Waals surface area contributed by atoms with Gasteiger partial charge < -0.3 is 4.74 Å². The van der Waals surface area contributed by atoms with E-state index >= 15 is 0 Å². The van der Waals surface area contributed by atoms with E-state index in [4.69, 9.17) is 4.74 Å². The van der Waals surface area contributed by atoms with Crippen molar-refractivity contribution >= 4 is 34.6 Å². The van der Waals surface area contributed by atoms with Gasteiger partial charge in [0.2, 0.25) is 0 Å². The summed E-state index contributed by atoms with van der Waals surface area (Å²) >= 11 is 1.14. The summed E-state index contributed by atoms with van der Waals surface area (Å²) in [5.74, 6) is -0.965. The summed E-state index contributed by atoms with van der Waals surface area (Å²) in [4.78, 5) is 18.3. The molecule has 25 heavy (non-hydrogen) atoms. The predicted octanol–water partition coefficient (Wildman–Crippen LogP) is 4.21. The Morgan fingerprint density at radius 1 is 1.16 bits per heavy atom. The van der Waals surface area contributed by atoms with Crippen molar-refractivity contribution in [2.75, 3.05) is 14.2 Å². The average molecular weight is 360 g/mol. The van der Waals surface area contributed by atoms with Crippen LogP contribution in [-0.4, -0.2) is 30.1 Å². The second kappa shape index (κ2) is 7.06. The van der Waals surface area contributed by atoms with E-state index in [1.165, 1.54) is 11.0 Å². The first-order valence-corrected chi connectivity index (χ1v) is 8.15. The fourth-order valence-electron chi connectivity index (χ4n) is 2.18. The molecule has 3 rings (SSSR count). The van der Waals surface area contributed by atoms with Crippen molar-refractivity contribution in [3.05, 3.63) is 64.6 Å². The lowest BCUT2D eigenvalue weighted by atomic mass is 10.2. The minimum atomic E-state index is -0.776. The van der Waals surface area contributed by atoms with Gasteiger partial charge in [-0.1, -0.05) is 12.1 Å². The number of thioether (sulfide) groups is 1. The van der Waals surface area contributed by atoms with Gasteiger partial charge in [-0.15, -0.1) is 0 Å². The van der Waals surface area contributed by atoms with Gasteiger partial charge in [-0.3, -0.25) is 9.69 Å². The summed E-state index contributed by atoms with van der Waals surface area (Å²) in [6.07, 6.45) is 1.73. The van der Waals surface area contributed by atoms with Gasteiger partial charge in [0.25, 0.3) is 5.91 Å². The highest BCUT2D eigenvalue weighted by Crippen LogP contribution is 2.33. The zero-order valence-electron chi connectivity index (χ0n) is 13.5. The van der Waals surface area contributed by atoms with Crippen molar-refractivity contribution in [2.24, 2.45) is 4.99 Å². The third kappa shape index (κ3) is 3.71. The van der Waals surface area contributed by atoms with Crippen LogP contribution in [0.25, 0.3) is 6.08 Å². The average Bonchev–Trinajstić information content (AvgIpc) is 2.86. The monoisotopic (exact) mass is 360 g/mol. The zero-order valence-corrected chi connectivity index (χ0v) is 14.3. The number of hydrogen-bond acceptors (Lipinski definition) is 4. The maximum absolute atomic E-state index is 13.8. The number of rotatable bonds is 3. The van der Waals surface area contributed by atoms with E-state index in [1.807, 2.05) is 12.1 Å². The van der Waals surface area contributed by atoms with Crippen LogP contribution in [0.1, 0.15) is 5.56 Å². The fourth-order valence-corrected chi connectivity index (χ4v) is 3.16. The summed E-state index contributed by atoms with van der Waals surface area (Å²) < 4.78 is 31.8. The number of hydrogen-bond donors (Lipinski definition) is 0.